The average Bonchev–Trinajstić information content (AvgIpc) is 3.43. The van der Waals surface area contributed by atoms with Crippen LogP contribution in [0.5, 0.6) is 0 Å². The molecule has 154 valence electrons. The largest absolute Gasteiger partial charge is 0.480 e. The topological polar surface area (TPSA) is 83.8 Å². The van der Waals surface area contributed by atoms with Crippen LogP contribution in [0, 0.1) is 17.8 Å². The molecule has 2 rings (SSSR count). The molecule has 2 N–H and O–H groups in total. The molecule has 0 aromatic rings. The van der Waals surface area contributed by atoms with Crippen molar-refractivity contribution in [2.75, 3.05) is 13.2 Å². The van der Waals surface area contributed by atoms with Gasteiger partial charge in [0.1, 0.15) is 12.4 Å². The Kier molecular flexibility index (Phi) is 8.97. The molecule has 0 amide bonds. The fourth-order valence-electron chi connectivity index (χ4n) is 4.29. The smallest absolute Gasteiger partial charge is 0.329 e. The second-order valence-corrected chi connectivity index (χ2v) is 8.33. The Bertz CT molecular complexity index is 511. The average molecular weight is 381 g/mol. The number of unbranched alkanes of at least 4 members (excludes halogenated alkanes) is 2. The third kappa shape index (κ3) is 7.38. The zero-order valence-corrected chi connectivity index (χ0v) is 16.7. The van der Waals surface area contributed by atoms with Crippen molar-refractivity contribution < 1.29 is 24.5 Å². The first-order valence-corrected chi connectivity index (χ1v) is 10.7. The summed E-state index contributed by atoms with van der Waals surface area (Å²) in [6, 6.07) is 0. The van der Waals surface area contributed by atoms with Gasteiger partial charge >= 0.3 is 5.97 Å². The molecular formula is C22H36O5. The first kappa shape index (κ1) is 22.1. The summed E-state index contributed by atoms with van der Waals surface area (Å²) in [5.41, 5.74) is -0.550. The Balaban J connectivity index is 1.75. The van der Waals surface area contributed by atoms with E-state index in [1.165, 1.54) is 0 Å². The van der Waals surface area contributed by atoms with E-state index in [0.717, 1.165) is 57.8 Å². The van der Waals surface area contributed by atoms with Crippen LogP contribution in [0.3, 0.4) is 0 Å². The van der Waals surface area contributed by atoms with Gasteiger partial charge in [0, 0.05) is 18.9 Å². The van der Waals surface area contributed by atoms with Crippen molar-refractivity contribution in [1.82, 2.24) is 0 Å². The van der Waals surface area contributed by atoms with E-state index < -0.39 is 11.6 Å². The molecule has 0 aromatic heterocycles. The Morgan fingerprint density at radius 1 is 1.26 bits per heavy atom. The van der Waals surface area contributed by atoms with Crippen LogP contribution in [0.2, 0.25) is 0 Å². The standard InChI is InChI=1S/C22H36O5/c1-2-3-13-22(26,18-10-11-18)14-6-7-17-9-12-20(23)19(17)8-4-5-15-27-16-21(24)25/h6-7,17-19,26H,2-5,8-16H2,1H3,(H,24,25)/t17-,19+,22?/m0/s1. The van der Waals surface area contributed by atoms with Gasteiger partial charge in [-0.2, -0.15) is 0 Å². The predicted octanol–water partition coefficient (Wildman–Crippen LogP) is 4.13. The van der Waals surface area contributed by atoms with Crippen LogP contribution in [0.15, 0.2) is 12.2 Å². The molecule has 5 heteroatoms. The van der Waals surface area contributed by atoms with Crippen molar-refractivity contribution in [2.24, 2.45) is 17.8 Å². The Hall–Kier alpha value is -1.20. The monoisotopic (exact) mass is 380 g/mol. The number of allylic oxidation sites excluding steroid dienone is 1. The van der Waals surface area contributed by atoms with Crippen molar-refractivity contribution in [3.8, 4) is 0 Å². The van der Waals surface area contributed by atoms with Gasteiger partial charge in [0.2, 0.25) is 0 Å². The molecule has 0 aliphatic heterocycles. The second kappa shape index (κ2) is 11.0. The summed E-state index contributed by atoms with van der Waals surface area (Å²) in [5.74, 6) is 0.216. The zero-order valence-electron chi connectivity index (χ0n) is 16.7. The van der Waals surface area contributed by atoms with E-state index in [4.69, 9.17) is 9.84 Å². The molecule has 5 nitrogen and oxygen atoms in total. The maximum atomic E-state index is 12.2. The SMILES string of the molecule is CCCCC(O)(CC=C[C@H]1CCC(=O)[C@@H]1CCCCOCC(=O)O)C1CC1. The van der Waals surface area contributed by atoms with Crippen molar-refractivity contribution in [3.05, 3.63) is 12.2 Å². The van der Waals surface area contributed by atoms with Gasteiger partial charge < -0.3 is 14.9 Å². The summed E-state index contributed by atoms with van der Waals surface area (Å²) in [6.07, 6.45) is 14.4. The number of ketones is 1. The number of hydrogen-bond acceptors (Lipinski definition) is 4. The van der Waals surface area contributed by atoms with E-state index >= 15 is 0 Å². The van der Waals surface area contributed by atoms with Crippen LogP contribution >= 0.6 is 0 Å². The highest BCUT2D eigenvalue weighted by Crippen LogP contribution is 2.44. The maximum absolute atomic E-state index is 12.2. The molecule has 2 aliphatic carbocycles. The highest BCUT2D eigenvalue weighted by Gasteiger charge is 2.42. The van der Waals surface area contributed by atoms with Gasteiger partial charge in [-0.15, -0.1) is 0 Å². The highest BCUT2D eigenvalue weighted by atomic mass is 16.5. The molecule has 2 saturated carbocycles. The van der Waals surface area contributed by atoms with Crippen molar-refractivity contribution in [2.45, 2.75) is 83.2 Å². The van der Waals surface area contributed by atoms with Crippen LogP contribution in [0.25, 0.3) is 0 Å². The molecule has 0 spiro atoms. The van der Waals surface area contributed by atoms with Crippen LogP contribution in [0.1, 0.15) is 77.6 Å². The van der Waals surface area contributed by atoms with Crippen molar-refractivity contribution >= 4 is 11.8 Å². The molecule has 1 unspecified atom stereocenters. The maximum Gasteiger partial charge on any atom is 0.329 e. The number of carboxylic acids is 1. The zero-order chi connectivity index (χ0) is 19.7. The molecular weight excluding hydrogens is 344 g/mol. The van der Waals surface area contributed by atoms with Crippen LogP contribution in [0.4, 0.5) is 0 Å². The highest BCUT2D eigenvalue weighted by molar-refractivity contribution is 5.83. The van der Waals surface area contributed by atoms with Crippen molar-refractivity contribution in [3.63, 3.8) is 0 Å². The van der Waals surface area contributed by atoms with Gasteiger partial charge in [-0.1, -0.05) is 38.3 Å². The molecule has 0 aromatic carbocycles. The summed E-state index contributed by atoms with van der Waals surface area (Å²) in [5, 5.41) is 19.5. The normalized spacial score (nSPS) is 25.2. The predicted molar refractivity (Wildman–Crippen MR) is 104 cm³/mol. The van der Waals surface area contributed by atoms with Crippen LogP contribution in [-0.2, 0) is 14.3 Å². The van der Waals surface area contributed by atoms with E-state index in [1.807, 2.05) is 0 Å². The molecule has 2 aliphatic rings. The quantitative estimate of drug-likeness (QED) is 0.350. The first-order chi connectivity index (χ1) is 13.0. The summed E-state index contributed by atoms with van der Waals surface area (Å²) in [6.45, 7) is 2.33. The van der Waals surface area contributed by atoms with Gasteiger partial charge in [0.15, 0.2) is 0 Å². The van der Waals surface area contributed by atoms with Gasteiger partial charge in [-0.05, 0) is 56.8 Å². The fraction of sp³-hybridized carbons (Fsp3) is 0.818. The molecule has 0 saturated heterocycles. The Morgan fingerprint density at radius 2 is 2.04 bits per heavy atom. The lowest BCUT2D eigenvalue weighted by atomic mass is 9.86. The van der Waals surface area contributed by atoms with E-state index in [-0.39, 0.29) is 18.4 Å². The molecule has 27 heavy (non-hydrogen) atoms. The summed E-state index contributed by atoms with van der Waals surface area (Å²) < 4.78 is 5.05. The number of carbonyl (C=O) groups is 2. The Labute approximate surface area is 163 Å². The van der Waals surface area contributed by atoms with Gasteiger partial charge in [-0.25, -0.2) is 4.79 Å². The minimum Gasteiger partial charge on any atom is -0.480 e. The molecule has 0 radical (unpaired) electrons. The van der Waals surface area contributed by atoms with Crippen LogP contribution in [-0.4, -0.2) is 40.8 Å². The lowest BCUT2D eigenvalue weighted by Crippen LogP contribution is -2.30. The summed E-state index contributed by atoms with van der Waals surface area (Å²) in [4.78, 5) is 22.6. The molecule has 0 heterocycles. The van der Waals surface area contributed by atoms with E-state index in [1.54, 1.807) is 0 Å². The number of carbonyl (C=O) groups excluding carboxylic acids is 1. The van der Waals surface area contributed by atoms with E-state index in [0.29, 0.717) is 31.1 Å². The summed E-state index contributed by atoms with van der Waals surface area (Å²) in [7, 11) is 0. The third-order valence-corrected chi connectivity index (χ3v) is 6.09. The molecule has 3 atom stereocenters. The first-order valence-electron chi connectivity index (χ1n) is 10.7. The van der Waals surface area contributed by atoms with Gasteiger partial charge in [0.25, 0.3) is 0 Å². The second-order valence-electron chi connectivity index (χ2n) is 8.33. The van der Waals surface area contributed by atoms with E-state index in [9.17, 15) is 14.7 Å². The number of carboxylic acid groups (broad SMARTS) is 1. The van der Waals surface area contributed by atoms with Crippen LogP contribution < -0.4 is 0 Å². The van der Waals surface area contributed by atoms with Crippen molar-refractivity contribution in [1.29, 1.82) is 0 Å². The van der Waals surface area contributed by atoms with E-state index in [2.05, 4.69) is 19.1 Å². The number of aliphatic hydroxyl groups is 1. The minimum absolute atomic E-state index is 0.0744. The molecule has 0 bridgehead atoms. The molecule has 2 fully saturated rings. The van der Waals surface area contributed by atoms with Gasteiger partial charge in [0.05, 0.1) is 5.60 Å². The van der Waals surface area contributed by atoms with Gasteiger partial charge in [-0.3, -0.25) is 4.79 Å². The minimum atomic E-state index is -0.948. The third-order valence-electron chi connectivity index (χ3n) is 6.09. The lowest BCUT2D eigenvalue weighted by molar-refractivity contribution is -0.142. The number of hydrogen-bond donors (Lipinski definition) is 2. The number of ether oxygens (including phenoxy) is 1. The number of aliphatic carboxylic acids is 1. The summed E-state index contributed by atoms with van der Waals surface area (Å²) >= 11 is 0. The number of rotatable bonds is 14. The fourth-order valence-corrected chi connectivity index (χ4v) is 4.29. The number of Topliss-reactive ketones (excluding diaryl/α,β-unsaturated/α-hetero) is 1. The lowest BCUT2D eigenvalue weighted by Gasteiger charge is -2.27. The Morgan fingerprint density at radius 3 is 2.70 bits per heavy atom.